The van der Waals surface area contributed by atoms with Crippen LogP contribution in [0.15, 0.2) is 12.3 Å². The summed E-state index contributed by atoms with van der Waals surface area (Å²) in [5.74, 6) is -12.1. The molecule has 8 heteroatoms. The number of nitrogens with zero attached hydrogens (tertiary/aromatic N) is 1. The maximum Gasteiger partial charge on any atom is 0.220 e. The Labute approximate surface area is 116 Å². The molecule has 0 radical (unpaired) electrons. The van der Waals surface area contributed by atoms with Crippen LogP contribution in [0.5, 0.6) is 0 Å². The fourth-order valence-corrected chi connectivity index (χ4v) is 1.89. The molecule has 2 aromatic rings. The number of halogens is 7. The van der Waals surface area contributed by atoms with Gasteiger partial charge in [-0.15, -0.1) is 0 Å². The SMILES string of the molecule is Fc1ncc(I)cc1-c1c(F)c(F)c(F)c(F)c1F. The van der Waals surface area contributed by atoms with E-state index < -0.39 is 46.2 Å². The van der Waals surface area contributed by atoms with Gasteiger partial charge >= 0.3 is 0 Å². The third-order valence-corrected chi connectivity index (χ3v) is 2.87. The van der Waals surface area contributed by atoms with E-state index in [0.717, 1.165) is 12.3 Å². The van der Waals surface area contributed by atoms with Gasteiger partial charge in [-0.05, 0) is 28.7 Å². The lowest BCUT2D eigenvalue weighted by atomic mass is 10.1. The average Bonchev–Trinajstić information content (AvgIpc) is 2.38. The molecule has 0 saturated carbocycles. The Morgan fingerprint density at radius 2 is 1.26 bits per heavy atom. The van der Waals surface area contributed by atoms with E-state index in [1.54, 1.807) is 22.6 Å². The zero-order chi connectivity index (χ0) is 14.3. The van der Waals surface area contributed by atoms with Gasteiger partial charge in [0.2, 0.25) is 11.8 Å². The van der Waals surface area contributed by atoms with Crippen LogP contribution in [0, 0.1) is 38.6 Å². The van der Waals surface area contributed by atoms with Crippen LogP contribution in [0.3, 0.4) is 0 Å². The molecule has 1 aromatic heterocycles. The second-order valence-corrected chi connectivity index (χ2v) is 4.68. The van der Waals surface area contributed by atoms with Crippen molar-refractivity contribution in [1.29, 1.82) is 0 Å². The van der Waals surface area contributed by atoms with E-state index in [-0.39, 0.29) is 3.57 Å². The van der Waals surface area contributed by atoms with Crippen LogP contribution in [-0.2, 0) is 0 Å². The Morgan fingerprint density at radius 1 is 0.789 bits per heavy atom. The highest BCUT2D eigenvalue weighted by Crippen LogP contribution is 2.33. The minimum Gasteiger partial charge on any atom is -0.227 e. The maximum absolute atomic E-state index is 13.5. The summed E-state index contributed by atoms with van der Waals surface area (Å²) >= 11 is 1.66. The summed E-state index contributed by atoms with van der Waals surface area (Å²) in [4.78, 5) is 3.17. The van der Waals surface area contributed by atoms with Crippen molar-refractivity contribution in [2.24, 2.45) is 0 Å². The summed E-state index contributed by atoms with van der Waals surface area (Å²) in [5.41, 5.74) is -2.13. The average molecular weight is 389 g/mol. The van der Waals surface area contributed by atoms with Gasteiger partial charge < -0.3 is 0 Å². The van der Waals surface area contributed by atoms with Gasteiger partial charge in [0.15, 0.2) is 23.3 Å². The Bertz CT molecular complexity index is 644. The van der Waals surface area contributed by atoms with Gasteiger partial charge in [0, 0.05) is 15.3 Å². The van der Waals surface area contributed by atoms with E-state index in [4.69, 9.17) is 0 Å². The van der Waals surface area contributed by atoms with Gasteiger partial charge in [0.25, 0.3) is 0 Å². The van der Waals surface area contributed by atoms with Crippen molar-refractivity contribution < 1.29 is 26.3 Å². The molecule has 100 valence electrons. The maximum atomic E-state index is 13.5. The van der Waals surface area contributed by atoms with Gasteiger partial charge in [-0.25, -0.2) is 26.9 Å². The monoisotopic (exact) mass is 389 g/mol. The molecular weight excluding hydrogens is 387 g/mol. The van der Waals surface area contributed by atoms with Crippen LogP contribution >= 0.6 is 22.6 Å². The molecule has 0 aliphatic heterocycles. The molecule has 0 fully saturated rings. The van der Waals surface area contributed by atoms with E-state index in [9.17, 15) is 26.3 Å². The van der Waals surface area contributed by atoms with Crippen molar-refractivity contribution in [3.05, 3.63) is 50.9 Å². The Hall–Kier alpha value is -1.32. The van der Waals surface area contributed by atoms with Crippen LogP contribution in [0.1, 0.15) is 0 Å². The lowest BCUT2D eigenvalue weighted by Gasteiger charge is -2.09. The Kier molecular flexibility index (Phi) is 3.70. The molecule has 0 unspecified atom stereocenters. The molecular formula is C11H2F6IN. The molecule has 0 bridgehead atoms. The zero-order valence-corrected chi connectivity index (χ0v) is 10.9. The standard InChI is InChI=1S/C11H2F6IN/c12-6-5(4-1-3(18)2-19-11(4)17)7(13)9(15)10(16)8(6)14/h1-2H. The van der Waals surface area contributed by atoms with Crippen LogP contribution in [0.2, 0.25) is 0 Å². The minimum absolute atomic E-state index is 0.276. The molecule has 0 aliphatic rings. The van der Waals surface area contributed by atoms with E-state index in [2.05, 4.69) is 4.98 Å². The smallest absolute Gasteiger partial charge is 0.220 e. The lowest BCUT2D eigenvalue weighted by Crippen LogP contribution is -2.05. The quantitative estimate of drug-likeness (QED) is 0.235. The number of hydrogen-bond donors (Lipinski definition) is 0. The fraction of sp³-hybridized carbons (Fsp3) is 0. The normalized spacial score (nSPS) is 10.9. The van der Waals surface area contributed by atoms with Crippen molar-refractivity contribution in [3.8, 4) is 11.1 Å². The molecule has 19 heavy (non-hydrogen) atoms. The van der Waals surface area contributed by atoms with Crippen LogP contribution in [-0.4, -0.2) is 4.98 Å². The first kappa shape index (κ1) is 14.1. The molecule has 2 rings (SSSR count). The second kappa shape index (κ2) is 4.99. The van der Waals surface area contributed by atoms with Gasteiger partial charge in [-0.2, -0.15) is 4.39 Å². The number of pyridine rings is 1. The Morgan fingerprint density at radius 3 is 1.79 bits per heavy atom. The first-order valence-corrected chi connectivity index (χ1v) is 5.75. The van der Waals surface area contributed by atoms with Gasteiger partial charge in [0.05, 0.1) is 5.56 Å². The number of rotatable bonds is 1. The summed E-state index contributed by atoms with van der Waals surface area (Å²) in [5, 5.41) is 0. The minimum atomic E-state index is -2.29. The molecule has 0 spiro atoms. The molecule has 1 aromatic carbocycles. The predicted molar refractivity (Wildman–Crippen MR) is 62.1 cm³/mol. The van der Waals surface area contributed by atoms with Gasteiger partial charge in [-0.3, -0.25) is 0 Å². The molecule has 0 atom stereocenters. The first-order valence-electron chi connectivity index (χ1n) is 4.67. The van der Waals surface area contributed by atoms with Crippen LogP contribution < -0.4 is 0 Å². The lowest BCUT2D eigenvalue weighted by molar-refractivity contribution is 0.380. The first-order chi connectivity index (χ1) is 8.84. The van der Waals surface area contributed by atoms with Gasteiger partial charge in [0.1, 0.15) is 0 Å². The van der Waals surface area contributed by atoms with Crippen molar-refractivity contribution in [2.45, 2.75) is 0 Å². The highest BCUT2D eigenvalue weighted by molar-refractivity contribution is 14.1. The van der Waals surface area contributed by atoms with Gasteiger partial charge in [-0.1, -0.05) is 0 Å². The van der Waals surface area contributed by atoms with Crippen molar-refractivity contribution >= 4 is 22.6 Å². The van der Waals surface area contributed by atoms with E-state index in [1.165, 1.54) is 0 Å². The number of hydrogen-bond acceptors (Lipinski definition) is 1. The third kappa shape index (κ3) is 2.28. The molecule has 0 amide bonds. The predicted octanol–water partition coefficient (Wildman–Crippen LogP) is 4.19. The number of aromatic nitrogens is 1. The second-order valence-electron chi connectivity index (χ2n) is 3.44. The molecule has 1 heterocycles. The topological polar surface area (TPSA) is 12.9 Å². The van der Waals surface area contributed by atoms with Crippen molar-refractivity contribution in [2.75, 3.05) is 0 Å². The highest BCUT2D eigenvalue weighted by atomic mass is 127. The van der Waals surface area contributed by atoms with Crippen molar-refractivity contribution in [1.82, 2.24) is 4.98 Å². The van der Waals surface area contributed by atoms with E-state index >= 15 is 0 Å². The summed E-state index contributed by atoms with van der Waals surface area (Å²) in [7, 11) is 0. The fourth-order valence-electron chi connectivity index (χ4n) is 1.44. The number of benzene rings is 1. The third-order valence-electron chi connectivity index (χ3n) is 2.28. The summed E-state index contributed by atoms with van der Waals surface area (Å²) in [6.45, 7) is 0. The molecule has 0 aliphatic carbocycles. The summed E-state index contributed by atoms with van der Waals surface area (Å²) in [6, 6.07) is 0.932. The van der Waals surface area contributed by atoms with Crippen molar-refractivity contribution in [3.63, 3.8) is 0 Å². The summed E-state index contributed by atoms with van der Waals surface area (Å²) in [6.07, 6.45) is 1.05. The summed E-state index contributed by atoms with van der Waals surface area (Å²) < 4.78 is 79.5. The largest absolute Gasteiger partial charge is 0.227 e. The Balaban J connectivity index is 2.87. The van der Waals surface area contributed by atoms with Crippen LogP contribution in [0.25, 0.3) is 11.1 Å². The molecule has 0 N–H and O–H groups in total. The molecule has 1 nitrogen and oxygen atoms in total. The highest BCUT2D eigenvalue weighted by Gasteiger charge is 2.28. The van der Waals surface area contributed by atoms with E-state index in [0.29, 0.717) is 0 Å². The molecule has 0 saturated heterocycles. The zero-order valence-electron chi connectivity index (χ0n) is 8.75. The van der Waals surface area contributed by atoms with E-state index in [1.807, 2.05) is 0 Å². The van der Waals surface area contributed by atoms with Crippen LogP contribution in [0.4, 0.5) is 26.3 Å².